The highest BCUT2D eigenvalue weighted by Gasteiger charge is 2.33. The fourth-order valence-electron chi connectivity index (χ4n) is 1.87. The van der Waals surface area contributed by atoms with Gasteiger partial charge in [-0.3, -0.25) is 4.79 Å². The van der Waals surface area contributed by atoms with Crippen molar-refractivity contribution < 1.29 is 22.7 Å². The summed E-state index contributed by atoms with van der Waals surface area (Å²) in [5.41, 5.74) is 5.38. The largest absolute Gasteiger partial charge is 0.573 e. The average molecular weight is 335 g/mol. The van der Waals surface area contributed by atoms with Crippen LogP contribution >= 0.6 is 0 Å². The molecule has 0 saturated heterocycles. The first-order valence-corrected chi connectivity index (χ1v) is 6.76. The van der Waals surface area contributed by atoms with E-state index in [0.717, 1.165) is 12.1 Å². The van der Waals surface area contributed by atoms with Crippen molar-refractivity contribution in [1.82, 2.24) is 5.43 Å². The van der Waals surface area contributed by atoms with Crippen LogP contribution in [0.5, 0.6) is 5.75 Å². The SMILES string of the molecule is N#CC(NNc1ccccc1)C(=O)c1ccccc1OC(F)(F)F. The van der Waals surface area contributed by atoms with Crippen LogP contribution in [0.1, 0.15) is 10.4 Å². The van der Waals surface area contributed by atoms with E-state index in [-0.39, 0.29) is 5.56 Å². The first-order chi connectivity index (χ1) is 11.4. The predicted octanol–water partition coefficient (Wildman–Crippen LogP) is 3.28. The van der Waals surface area contributed by atoms with Crippen LogP contribution < -0.4 is 15.6 Å². The quantitative estimate of drug-likeness (QED) is 0.626. The van der Waals surface area contributed by atoms with Crippen molar-refractivity contribution in [3.63, 3.8) is 0 Å². The van der Waals surface area contributed by atoms with Crippen molar-refractivity contribution in [2.75, 3.05) is 5.43 Å². The zero-order chi connectivity index (χ0) is 17.6. The number of nitrogens with one attached hydrogen (secondary N) is 2. The van der Waals surface area contributed by atoms with Gasteiger partial charge in [-0.2, -0.15) is 5.26 Å². The number of hydrogen-bond donors (Lipinski definition) is 2. The summed E-state index contributed by atoms with van der Waals surface area (Å²) in [7, 11) is 0. The average Bonchev–Trinajstić information content (AvgIpc) is 2.55. The van der Waals surface area contributed by atoms with Crippen molar-refractivity contribution in [2.45, 2.75) is 12.4 Å². The lowest BCUT2D eigenvalue weighted by Gasteiger charge is -2.16. The van der Waals surface area contributed by atoms with E-state index in [4.69, 9.17) is 5.26 Å². The van der Waals surface area contributed by atoms with E-state index in [9.17, 15) is 18.0 Å². The first kappa shape index (κ1) is 17.3. The molecule has 0 aliphatic rings. The van der Waals surface area contributed by atoms with Gasteiger partial charge in [0, 0.05) is 5.69 Å². The number of ketones is 1. The summed E-state index contributed by atoms with van der Waals surface area (Å²) < 4.78 is 41.1. The van der Waals surface area contributed by atoms with E-state index >= 15 is 0 Å². The van der Waals surface area contributed by atoms with Crippen LogP contribution in [0.15, 0.2) is 54.6 Å². The zero-order valence-electron chi connectivity index (χ0n) is 12.2. The molecule has 24 heavy (non-hydrogen) atoms. The molecule has 0 saturated carbocycles. The van der Waals surface area contributed by atoms with E-state index in [1.54, 1.807) is 36.4 Å². The molecule has 0 aliphatic carbocycles. The fraction of sp³-hybridized carbons (Fsp3) is 0.125. The summed E-state index contributed by atoms with van der Waals surface area (Å²) in [4.78, 5) is 12.3. The minimum Gasteiger partial charge on any atom is -0.405 e. The van der Waals surface area contributed by atoms with Gasteiger partial charge in [-0.25, -0.2) is 5.43 Å². The van der Waals surface area contributed by atoms with E-state index in [0.29, 0.717) is 5.69 Å². The van der Waals surface area contributed by atoms with E-state index in [2.05, 4.69) is 15.6 Å². The smallest absolute Gasteiger partial charge is 0.405 e. The molecule has 1 unspecified atom stereocenters. The van der Waals surface area contributed by atoms with Crippen molar-refractivity contribution in [3.8, 4) is 11.8 Å². The second-order valence-corrected chi connectivity index (χ2v) is 4.61. The monoisotopic (exact) mass is 335 g/mol. The number of carbonyl (C=O) groups is 1. The topological polar surface area (TPSA) is 74.2 Å². The maximum atomic E-state index is 12.4. The minimum atomic E-state index is -4.94. The number of halogens is 3. The Morgan fingerprint density at radius 3 is 2.33 bits per heavy atom. The lowest BCUT2D eigenvalue weighted by molar-refractivity contribution is -0.274. The molecule has 5 nitrogen and oxygen atoms in total. The maximum Gasteiger partial charge on any atom is 0.573 e. The Hall–Kier alpha value is -3.05. The molecule has 0 spiro atoms. The van der Waals surface area contributed by atoms with Gasteiger partial charge in [0.1, 0.15) is 5.75 Å². The van der Waals surface area contributed by atoms with Gasteiger partial charge in [0.15, 0.2) is 11.8 Å². The Kier molecular flexibility index (Phi) is 5.39. The Morgan fingerprint density at radius 1 is 1.08 bits per heavy atom. The molecule has 2 rings (SSSR count). The highest BCUT2D eigenvalue weighted by atomic mass is 19.4. The van der Waals surface area contributed by atoms with Gasteiger partial charge in [-0.15, -0.1) is 13.2 Å². The molecule has 0 radical (unpaired) electrons. The molecule has 0 heterocycles. The normalized spacial score (nSPS) is 12.1. The third-order valence-electron chi connectivity index (χ3n) is 2.90. The Bertz CT molecular complexity index is 742. The van der Waals surface area contributed by atoms with Crippen molar-refractivity contribution in [3.05, 3.63) is 60.2 Å². The van der Waals surface area contributed by atoms with Gasteiger partial charge in [-0.05, 0) is 24.3 Å². The molecule has 2 N–H and O–H groups in total. The predicted molar refractivity (Wildman–Crippen MR) is 80.1 cm³/mol. The van der Waals surface area contributed by atoms with Crippen LogP contribution in [-0.2, 0) is 0 Å². The summed E-state index contributed by atoms with van der Waals surface area (Å²) in [5, 5.41) is 9.12. The number of Topliss-reactive ketones (excluding diaryl/α,β-unsaturated/α-hetero) is 1. The van der Waals surface area contributed by atoms with E-state index in [1.807, 2.05) is 0 Å². The molecule has 0 aromatic heterocycles. The van der Waals surface area contributed by atoms with E-state index in [1.165, 1.54) is 12.1 Å². The molecule has 124 valence electrons. The van der Waals surface area contributed by atoms with Gasteiger partial charge in [-0.1, -0.05) is 30.3 Å². The summed E-state index contributed by atoms with van der Waals surface area (Å²) in [6, 6.07) is 13.8. The minimum absolute atomic E-state index is 0.344. The number of benzene rings is 2. The van der Waals surface area contributed by atoms with Crippen LogP contribution in [0, 0.1) is 11.3 Å². The Morgan fingerprint density at radius 2 is 1.71 bits per heavy atom. The third kappa shape index (κ3) is 4.72. The molecule has 1 atom stereocenters. The van der Waals surface area contributed by atoms with Crippen LogP contribution in [0.25, 0.3) is 0 Å². The number of nitriles is 1. The number of alkyl halides is 3. The van der Waals surface area contributed by atoms with Crippen molar-refractivity contribution >= 4 is 11.5 Å². The zero-order valence-corrected chi connectivity index (χ0v) is 12.2. The number of para-hydroxylation sites is 2. The molecule has 0 amide bonds. The molecule has 8 heteroatoms. The van der Waals surface area contributed by atoms with Crippen LogP contribution in [-0.4, -0.2) is 18.2 Å². The standard InChI is InChI=1S/C16H12F3N3O2/c17-16(18,19)24-14-9-5-4-8-12(14)15(23)13(10-20)22-21-11-6-2-1-3-7-11/h1-9,13,21-22H. The molecule has 0 bridgehead atoms. The number of anilines is 1. The molecule has 0 aliphatic heterocycles. The number of carbonyl (C=O) groups excluding carboxylic acids is 1. The Balaban J connectivity index is 2.15. The lowest BCUT2D eigenvalue weighted by Crippen LogP contribution is -2.39. The molecule has 2 aromatic rings. The van der Waals surface area contributed by atoms with Gasteiger partial charge in [0.25, 0.3) is 0 Å². The fourth-order valence-corrected chi connectivity index (χ4v) is 1.87. The van der Waals surface area contributed by atoms with Crippen molar-refractivity contribution in [1.29, 1.82) is 5.26 Å². The molecule has 0 fully saturated rings. The van der Waals surface area contributed by atoms with Gasteiger partial charge in [0.2, 0.25) is 0 Å². The van der Waals surface area contributed by atoms with Gasteiger partial charge >= 0.3 is 6.36 Å². The number of rotatable bonds is 6. The van der Waals surface area contributed by atoms with Gasteiger partial charge in [0.05, 0.1) is 11.6 Å². The number of ether oxygens (including phenoxy) is 1. The third-order valence-corrected chi connectivity index (χ3v) is 2.90. The summed E-state index contributed by atoms with van der Waals surface area (Å²) in [5.74, 6) is -1.50. The molecule has 2 aromatic carbocycles. The summed E-state index contributed by atoms with van der Waals surface area (Å²) >= 11 is 0. The molecular formula is C16H12F3N3O2. The van der Waals surface area contributed by atoms with Crippen LogP contribution in [0.2, 0.25) is 0 Å². The highest BCUT2D eigenvalue weighted by Crippen LogP contribution is 2.27. The summed E-state index contributed by atoms with van der Waals surface area (Å²) in [6.45, 7) is 0. The number of hydrazine groups is 1. The van der Waals surface area contributed by atoms with Gasteiger partial charge < -0.3 is 10.2 Å². The number of nitrogens with zero attached hydrogens (tertiary/aromatic N) is 1. The second kappa shape index (κ2) is 7.48. The lowest BCUT2D eigenvalue weighted by atomic mass is 10.0. The molecular weight excluding hydrogens is 323 g/mol. The number of hydrogen-bond acceptors (Lipinski definition) is 5. The first-order valence-electron chi connectivity index (χ1n) is 6.76. The van der Waals surface area contributed by atoms with Crippen LogP contribution in [0.3, 0.4) is 0 Å². The van der Waals surface area contributed by atoms with Crippen LogP contribution in [0.4, 0.5) is 18.9 Å². The van der Waals surface area contributed by atoms with E-state index < -0.39 is 23.9 Å². The Labute approximate surface area is 135 Å². The van der Waals surface area contributed by atoms with Crippen molar-refractivity contribution in [2.24, 2.45) is 0 Å². The maximum absolute atomic E-state index is 12.4. The summed E-state index contributed by atoms with van der Waals surface area (Å²) in [6.07, 6.45) is -4.94. The highest BCUT2D eigenvalue weighted by molar-refractivity contribution is 6.04. The second-order valence-electron chi connectivity index (χ2n) is 4.61.